The number of allylic oxidation sites excluding steroid dienone is 1. The number of hydrogen-bond acceptors (Lipinski definition) is 9. The summed E-state index contributed by atoms with van der Waals surface area (Å²) in [5.74, 6) is -2.65. The van der Waals surface area contributed by atoms with Crippen LogP contribution in [0.4, 0.5) is 0 Å². The number of rotatable bonds is 4. The summed E-state index contributed by atoms with van der Waals surface area (Å²) >= 11 is 0. The minimum Gasteiger partial charge on any atom is -0.504 e. The lowest BCUT2D eigenvalue weighted by molar-refractivity contribution is -0.161. The third-order valence-electron chi connectivity index (χ3n) is 9.04. The third-order valence-corrected chi connectivity index (χ3v) is 9.04. The highest BCUT2D eigenvalue weighted by Crippen LogP contribution is 2.63. The van der Waals surface area contributed by atoms with E-state index in [2.05, 4.69) is 0 Å². The van der Waals surface area contributed by atoms with Crippen molar-refractivity contribution in [1.29, 1.82) is 0 Å². The van der Waals surface area contributed by atoms with E-state index in [1.165, 1.54) is 14.0 Å². The van der Waals surface area contributed by atoms with Crippen LogP contribution in [0.5, 0.6) is 0 Å². The van der Waals surface area contributed by atoms with Crippen LogP contribution in [0.2, 0.25) is 0 Å². The standard InChI is InChI=1S/C28H39NO8/c1-14(30)36-17-11-27(5)16(9-10-18(27)31)20-22(17)28(6)19(13-35-8)37-25(34)15(12-29(7)26(2,3)4)21(28)24(33)23(20)32/h12,16-19,31,33H,9-11,13H2,1-8H3/b15-12+/t16-,17+,18-,19+,27-,28-/m0/s1. The Hall–Kier alpha value is -2.65. The summed E-state index contributed by atoms with van der Waals surface area (Å²) in [4.78, 5) is 41.4. The Balaban J connectivity index is 2.03. The largest absolute Gasteiger partial charge is 0.504 e. The molecular weight excluding hydrogens is 478 g/mol. The number of ketones is 1. The fraction of sp³-hybridized carbons (Fsp3) is 0.679. The zero-order valence-corrected chi connectivity index (χ0v) is 23.0. The van der Waals surface area contributed by atoms with Crippen LogP contribution < -0.4 is 0 Å². The van der Waals surface area contributed by atoms with Crippen LogP contribution in [0.1, 0.15) is 60.8 Å². The number of esters is 2. The molecular formula is C28H39NO8. The molecule has 0 spiro atoms. The van der Waals surface area contributed by atoms with Gasteiger partial charge in [-0.2, -0.15) is 0 Å². The average Bonchev–Trinajstić information content (AvgIpc) is 3.07. The van der Waals surface area contributed by atoms with Crippen LogP contribution in [-0.2, 0) is 28.6 Å². The topological polar surface area (TPSA) is 123 Å². The van der Waals surface area contributed by atoms with Crippen molar-refractivity contribution in [1.82, 2.24) is 4.90 Å². The van der Waals surface area contributed by atoms with E-state index >= 15 is 0 Å². The van der Waals surface area contributed by atoms with Gasteiger partial charge in [-0.1, -0.05) is 6.92 Å². The van der Waals surface area contributed by atoms with E-state index in [0.29, 0.717) is 30.4 Å². The van der Waals surface area contributed by atoms with Gasteiger partial charge in [0.1, 0.15) is 12.2 Å². The van der Waals surface area contributed by atoms with Crippen LogP contribution in [0.15, 0.2) is 34.3 Å². The third kappa shape index (κ3) is 4.02. The zero-order chi connectivity index (χ0) is 27.7. The number of hydrogen-bond donors (Lipinski definition) is 2. The van der Waals surface area contributed by atoms with E-state index in [9.17, 15) is 24.6 Å². The van der Waals surface area contributed by atoms with Gasteiger partial charge in [0.25, 0.3) is 0 Å². The first-order valence-electron chi connectivity index (χ1n) is 12.8. The number of fused-ring (bicyclic) bond motifs is 4. The van der Waals surface area contributed by atoms with Gasteiger partial charge in [-0.3, -0.25) is 9.59 Å². The Morgan fingerprint density at radius 2 is 1.89 bits per heavy atom. The van der Waals surface area contributed by atoms with Crippen molar-refractivity contribution in [3.63, 3.8) is 0 Å². The first-order valence-corrected chi connectivity index (χ1v) is 12.8. The first-order chi connectivity index (χ1) is 17.1. The summed E-state index contributed by atoms with van der Waals surface area (Å²) in [7, 11) is 3.29. The van der Waals surface area contributed by atoms with E-state index in [-0.39, 0.29) is 29.2 Å². The Labute approximate surface area is 218 Å². The fourth-order valence-electron chi connectivity index (χ4n) is 6.66. The molecule has 0 aromatic rings. The number of aliphatic hydroxyl groups is 2. The van der Waals surface area contributed by atoms with Gasteiger partial charge in [-0.25, -0.2) is 4.79 Å². The molecule has 9 heteroatoms. The van der Waals surface area contributed by atoms with Gasteiger partial charge >= 0.3 is 11.9 Å². The average molecular weight is 518 g/mol. The quantitative estimate of drug-likeness (QED) is 0.428. The normalized spacial score (nSPS) is 36.7. The molecule has 0 aromatic heterocycles. The fourth-order valence-corrected chi connectivity index (χ4v) is 6.66. The molecule has 1 heterocycles. The van der Waals surface area contributed by atoms with Crippen LogP contribution in [-0.4, -0.2) is 77.4 Å². The summed E-state index contributed by atoms with van der Waals surface area (Å²) in [6, 6.07) is 0. The molecule has 0 bridgehead atoms. The predicted octanol–water partition coefficient (Wildman–Crippen LogP) is 2.98. The molecule has 0 unspecified atom stereocenters. The van der Waals surface area contributed by atoms with Gasteiger partial charge in [-0.15, -0.1) is 0 Å². The van der Waals surface area contributed by atoms with Crippen LogP contribution in [0, 0.1) is 16.7 Å². The molecule has 4 rings (SSSR count). The molecule has 4 aliphatic rings. The lowest BCUT2D eigenvalue weighted by Crippen LogP contribution is -2.57. The number of Topliss-reactive ketones (excluding diaryl/α,β-unsaturated/α-hetero) is 1. The molecule has 204 valence electrons. The van der Waals surface area contributed by atoms with Gasteiger partial charge in [0, 0.05) is 49.4 Å². The summed E-state index contributed by atoms with van der Waals surface area (Å²) in [5.41, 5.74) is -1.18. The van der Waals surface area contributed by atoms with Crippen molar-refractivity contribution in [2.75, 3.05) is 20.8 Å². The minimum atomic E-state index is -1.21. The van der Waals surface area contributed by atoms with Crippen molar-refractivity contribution >= 4 is 17.7 Å². The highest BCUT2D eigenvalue weighted by Gasteiger charge is 2.64. The highest BCUT2D eigenvalue weighted by atomic mass is 16.6. The van der Waals surface area contributed by atoms with Crippen LogP contribution >= 0.6 is 0 Å². The summed E-state index contributed by atoms with van der Waals surface area (Å²) in [6.45, 7) is 10.9. The van der Waals surface area contributed by atoms with E-state index < -0.39 is 52.6 Å². The van der Waals surface area contributed by atoms with Crippen molar-refractivity contribution in [3.05, 3.63) is 34.3 Å². The molecule has 1 saturated carbocycles. The molecule has 6 atom stereocenters. The van der Waals surface area contributed by atoms with Crippen molar-refractivity contribution in [2.24, 2.45) is 16.7 Å². The number of nitrogens with zero attached hydrogens (tertiary/aromatic N) is 1. The molecule has 9 nitrogen and oxygen atoms in total. The molecule has 0 aromatic carbocycles. The van der Waals surface area contributed by atoms with E-state index in [1.54, 1.807) is 13.2 Å². The Kier molecular flexibility index (Phi) is 6.65. The maximum absolute atomic E-state index is 14.0. The monoisotopic (exact) mass is 517 g/mol. The summed E-state index contributed by atoms with van der Waals surface area (Å²) in [5, 5.41) is 22.4. The number of cyclic esters (lactones) is 1. The van der Waals surface area contributed by atoms with Crippen LogP contribution in [0.3, 0.4) is 0 Å². The summed E-state index contributed by atoms with van der Waals surface area (Å²) in [6.07, 6.45) is 0.529. The number of carbonyl (C=O) groups excluding carboxylic acids is 3. The Morgan fingerprint density at radius 1 is 1.24 bits per heavy atom. The lowest BCUT2D eigenvalue weighted by Gasteiger charge is -2.54. The van der Waals surface area contributed by atoms with E-state index in [1.807, 2.05) is 39.5 Å². The maximum atomic E-state index is 14.0. The van der Waals surface area contributed by atoms with Gasteiger partial charge < -0.3 is 29.3 Å². The van der Waals surface area contributed by atoms with Gasteiger partial charge in [0.15, 0.2) is 5.76 Å². The van der Waals surface area contributed by atoms with Crippen molar-refractivity contribution < 1.29 is 38.8 Å². The molecule has 3 aliphatic carbocycles. The molecule has 0 amide bonds. The predicted molar refractivity (Wildman–Crippen MR) is 134 cm³/mol. The smallest absolute Gasteiger partial charge is 0.340 e. The number of carbonyl (C=O) groups is 3. The van der Waals surface area contributed by atoms with Gasteiger partial charge in [-0.05, 0) is 58.4 Å². The van der Waals surface area contributed by atoms with Gasteiger partial charge in [0.2, 0.25) is 5.78 Å². The SMILES string of the molecule is COC[C@H]1OC(=O)/C(=C/N(C)C(C)(C)C)C2=C(O)C(=O)C3=C([C@H](OC(C)=O)C[C@]4(C)[C@@H](O)CC[C@@H]34)[C@]21C. The Bertz CT molecular complexity index is 1130. The minimum absolute atomic E-state index is 0.00370. The lowest BCUT2D eigenvalue weighted by atomic mass is 9.53. The second kappa shape index (κ2) is 8.98. The molecule has 1 aliphatic heterocycles. The second-order valence-corrected chi connectivity index (χ2v) is 12.2. The molecule has 0 radical (unpaired) electrons. The van der Waals surface area contributed by atoms with E-state index in [4.69, 9.17) is 14.2 Å². The van der Waals surface area contributed by atoms with E-state index in [0.717, 1.165) is 0 Å². The highest BCUT2D eigenvalue weighted by molar-refractivity contribution is 6.13. The zero-order valence-electron chi connectivity index (χ0n) is 23.0. The Morgan fingerprint density at radius 3 is 2.46 bits per heavy atom. The summed E-state index contributed by atoms with van der Waals surface area (Å²) < 4.78 is 17.2. The van der Waals surface area contributed by atoms with Crippen molar-refractivity contribution in [2.45, 2.75) is 84.7 Å². The molecule has 37 heavy (non-hydrogen) atoms. The number of methoxy groups -OCH3 is 1. The second-order valence-electron chi connectivity index (χ2n) is 12.2. The number of aliphatic hydroxyl groups excluding tert-OH is 2. The first kappa shape index (κ1) is 27.4. The molecule has 2 N–H and O–H groups in total. The molecule has 2 fully saturated rings. The number of ether oxygens (including phenoxy) is 3. The van der Waals surface area contributed by atoms with Crippen molar-refractivity contribution in [3.8, 4) is 0 Å². The van der Waals surface area contributed by atoms with Crippen LogP contribution in [0.25, 0.3) is 0 Å². The van der Waals surface area contributed by atoms with Gasteiger partial charge in [0.05, 0.1) is 23.7 Å². The molecule has 1 saturated heterocycles. The maximum Gasteiger partial charge on any atom is 0.340 e.